The number of rotatable bonds is 3. The first kappa shape index (κ1) is 9.47. The van der Waals surface area contributed by atoms with Crippen molar-refractivity contribution in [2.24, 2.45) is 0 Å². The molecule has 13 heavy (non-hydrogen) atoms. The monoisotopic (exact) mass is 183 g/mol. The van der Waals surface area contributed by atoms with Crippen LogP contribution in [0.3, 0.4) is 0 Å². The third-order valence-corrected chi connectivity index (χ3v) is 3.40. The molecule has 2 saturated heterocycles. The minimum absolute atomic E-state index is 0.376. The second-order valence-electron chi connectivity index (χ2n) is 4.67. The predicted molar refractivity (Wildman–Crippen MR) is 53.6 cm³/mol. The molecule has 2 fully saturated rings. The first-order valence-electron chi connectivity index (χ1n) is 5.64. The molecular weight excluding hydrogens is 162 g/mol. The standard InChI is InChI=1S/C11H21NO/c1-9(2)13-8-12-10-4-3-5-11(12)7-6-10/h9-11H,3-8H2,1-2H3. The van der Waals surface area contributed by atoms with Gasteiger partial charge in [-0.15, -0.1) is 0 Å². The molecule has 76 valence electrons. The van der Waals surface area contributed by atoms with Crippen LogP contribution in [0.5, 0.6) is 0 Å². The van der Waals surface area contributed by atoms with E-state index in [1.54, 1.807) is 0 Å². The zero-order valence-electron chi connectivity index (χ0n) is 8.83. The van der Waals surface area contributed by atoms with Crippen LogP contribution in [-0.4, -0.2) is 29.8 Å². The topological polar surface area (TPSA) is 12.5 Å². The number of hydrogen-bond donors (Lipinski definition) is 0. The van der Waals surface area contributed by atoms with Crippen LogP contribution in [0.4, 0.5) is 0 Å². The van der Waals surface area contributed by atoms with Gasteiger partial charge in [0.25, 0.3) is 0 Å². The van der Waals surface area contributed by atoms with E-state index in [1.165, 1.54) is 32.1 Å². The zero-order valence-corrected chi connectivity index (χ0v) is 8.83. The van der Waals surface area contributed by atoms with Gasteiger partial charge in [-0.3, -0.25) is 4.90 Å². The second-order valence-corrected chi connectivity index (χ2v) is 4.67. The van der Waals surface area contributed by atoms with Crippen molar-refractivity contribution in [1.82, 2.24) is 4.90 Å². The Morgan fingerprint density at radius 1 is 1.15 bits per heavy atom. The van der Waals surface area contributed by atoms with E-state index in [0.717, 1.165) is 18.8 Å². The van der Waals surface area contributed by atoms with Gasteiger partial charge in [-0.05, 0) is 39.5 Å². The van der Waals surface area contributed by atoms with Crippen LogP contribution in [0.15, 0.2) is 0 Å². The van der Waals surface area contributed by atoms with E-state index in [4.69, 9.17) is 4.74 Å². The quantitative estimate of drug-likeness (QED) is 0.666. The summed E-state index contributed by atoms with van der Waals surface area (Å²) >= 11 is 0. The van der Waals surface area contributed by atoms with Gasteiger partial charge >= 0.3 is 0 Å². The molecule has 2 aliphatic rings. The van der Waals surface area contributed by atoms with Crippen molar-refractivity contribution in [2.45, 2.75) is 64.1 Å². The third kappa shape index (κ3) is 2.05. The lowest BCUT2D eigenvalue weighted by atomic mass is 10.0. The van der Waals surface area contributed by atoms with E-state index < -0.39 is 0 Å². The fourth-order valence-electron chi connectivity index (χ4n) is 2.67. The van der Waals surface area contributed by atoms with E-state index in [1.807, 2.05) is 0 Å². The lowest BCUT2D eigenvalue weighted by Crippen LogP contribution is -2.41. The van der Waals surface area contributed by atoms with E-state index >= 15 is 0 Å². The second kappa shape index (κ2) is 3.97. The zero-order chi connectivity index (χ0) is 9.26. The molecule has 0 aromatic heterocycles. The van der Waals surface area contributed by atoms with E-state index in [2.05, 4.69) is 18.7 Å². The summed E-state index contributed by atoms with van der Waals surface area (Å²) in [6, 6.07) is 1.69. The Labute approximate surface area is 81.3 Å². The van der Waals surface area contributed by atoms with Gasteiger partial charge in [-0.2, -0.15) is 0 Å². The molecule has 2 heterocycles. The number of piperidine rings is 1. The average Bonchev–Trinajstić information content (AvgIpc) is 2.34. The van der Waals surface area contributed by atoms with Gasteiger partial charge in [0.05, 0.1) is 12.8 Å². The van der Waals surface area contributed by atoms with Crippen molar-refractivity contribution in [2.75, 3.05) is 6.73 Å². The van der Waals surface area contributed by atoms with E-state index in [9.17, 15) is 0 Å². The Morgan fingerprint density at radius 3 is 2.31 bits per heavy atom. The first-order valence-corrected chi connectivity index (χ1v) is 5.64. The van der Waals surface area contributed by atoms with Gasteiger partial charge in [0.1, 0.15) is 0 Å². The molecule has 2 rings (SSSR count). The maximum atomic E-state index is 5.69. The minimum Gasteiger partial charge on any atom is -0.363 e. The van der Waals surface area contributed by atoms with Crippen LogP contribution in [-0.2, 0) is 4.74 Å². The van der Waals surface area contributed by atoms with Crippen molar-refractivity contribution in [3.05, 3.63) is 0 Å². The van der Waals surface area contributed by atoms with Gasteiger partial charge in [0.15, 0.2) is 0 Å². The van der Waals surface area contributed by atoms with Crippen LogP contribution in [0.25, 0.3) is 0 Å². The highest BCUT2D eigenvalue weighted by atomic mass is 16.5. The number of hydrogen-bond acceptors (Lipinski definition) is 2. The van der Waals surface area contributed by atoms with Crippen molar-refractivity contribution in [3.63, 3.8) is 0 Å². The Hall–Kier alpha value is -0.0800. The highest BCUT2D eigenvalue weighted by Gasteiger charge is 2.36. The molecule has 0 aromatic carbocycles. The van der Waals surface area contributed by atoms with Crippen molar-refractivity contribution in [1.29, 1.82) is 0 Å². The smallest absolute Gasteiger partial charge is 0.0998 e. The lowest BCUT2D eigenvalue weighted by Gasteiger charge is -2.34. The van der Waals surface area contributed by atoms with Gasteiger partial charge in [0.2, 0.25) is 0 Å². The average molecular weight is 183 g/mol. The number of nitrogens with zero attached hydrogens (tertiary/aromatic N) is 1. The first-order chi connectivity index (χ1) is 6.27. The number of ether oxygens (including phenoxy) is 1. The highest BCUT2D eigenvalue weighted by molar-refractivity contribution is 4.90. The van der Waals surface area contributed by atoms with Crippen LogP contribution in [0.1, 0.15) is 46.0 Å². The third-order valence-electron chi connectivity index (χ3n) is 3.40. The predicted octanol–water partition coefficient (Wildman–Crippen LogP) is 2.39. The molecule has 0 N–H and O–H groups in total. The van der Waals surface area contributed by atoms with E-state index in [-0.39, 0.29) is 0 Å². The van der Waals surface area contributed by atoms with Crippen LogP contribution in [0.2, 0.25) is 0 Å². The van der Waals surface area contributed by atoms with Crippen LogP contribution < -0.4 is 0 Å². The fourth-order valence-corrected chi connectivity index (χ4v) is 2.67. The van der Waals surface area contributed by atoms with Crippen molar-refractivity contribution in [3.8, 4) is 0 Å². The lowest BCUT2D eigenvalue weighted by molar-refractivity contribution is -0.0405. The molecule has 0 aliphatic carbocycles. The minimum atomic E-state index is 0.376. The summed E-state index contributed by atoms with van der Waals surface area (Å²) in [7, 11) is 0. The Morgan fingerprint density at radius 2 is 1.77 bits per heavy atom. The maximum Gasteiger partial charge on any atom is 0.0998 e. The molecular formula is C11H21NO. The summed E-state index contributed by atoms with van der Waals surface area (Å²) in [6.07, 6.45) is 7.43. The summed E-state index contributed by atoms with van der Waals surface area (Å²) in [5, 5.41) is 0. The van der Waals surface area contributed by atoms with Crippen molar-refractivity contribution >= 4 is 0 Å². The highest BCUT2D eigenvalue weighted by Crippen LogP contribution is 2.35. The normalized spacial score (nSPS) is 34.4. The molecule has 2 unspecified atom stereocenters. The summed E-state index contributed by atoms with van der Waals surface area (Å²) in [6.45, 7) is 5.10. The summed E-state index contributed by atoms with van der Waals surface area (Å²) < 4.78 is 5.69. The molecule has 2 atom stereocenters. The fraction of sp³-hybridized carbons (Fsp3) is 1.00. The molecule has 2 nitrogen and oxygen atoms in total. The van der Waals surface area contributed by atoms with Gasteiger partial charge < -0.3 is 4.74 Å². The Kier molecular flexibility index (Phi) is 2.89. The summed E-state index contributed by atoms with van der Waals surface area (Å²) in [4.78, 5) is 2.59. The maximum absolute atomic E-state index is 5.69. The molecule has 2 heteroatoms. The van der Waals surface area contributed by atoms with Gasteiger partial charge in [-0.1, -0.05) is 6.42 Å². The largest absolute Gasteiger partial charge is 0.363 e. The molecule has 0 spiro atoms. The molecule has 0 radical (unpaired) electrons. The van der Waals surface area contributed by atoms with Crippen LogP contribution in [0, 0.1) is 0 Å². The summed E-state index contributed by atoms with van der Waals surface area (Å²) in [5.41, 5.74) is 0. The Bertz CT molecular complexity index is 153. The SMILES string of the molecule is CC(C)OCN1C2CCCC1CC2. The molecule has 0 aromatic rings. The summed E-state index contributed by atoms with van der Waals surface area (Å²) in [5.74, 6) is 0. The van der Waals surface area contributed by atoms with Crippen molar-refractivity contribution < 1.29 is 4.74 Å². The Balaban J connectivity index is 1.85. The van der Waals surface area contributed by atoms with Gasteiger partial charge in [-0.25, -0.2) is 0 Å². The van der Waals surface area contributed by atoms with E-state index in [0.29, 0.717) is 6.10 Å². The molecule has 0 saturated carbocycles. The molecule has 2 aliphatic heterocycles. The van der Waals surface area contributed by atoms with Crippen LogP contribution >= 0.6 is 0 Å². The molecule has 2 bridgehead atoms. The number of fused-ring (bicyclic) bond motifs is 2. The molecule has 0 amide bonds. The van der Waals surface area contributed by atoms with Gasteiger partial charge in [0, 0.05) is 12.1 Å².